The fraction of sp³-hybridized carbons (Fsp3) is 0.0588. The summed E-state index contributed by atoms with van der Waals surface area (Å²) in [5, 5.41) is 27.5. The van der Waals surface area contributed by atoms with Gasteiger partial charge in [-0.2, -0.15) is 5.10 Å². The van der Waals surface area contributed by atoms with Gasteiger partial charge in [-0.15, -0.1) is 0 Å². The summed E-state index contributed by atoms with van der Waals surface area (Å²) in [6, 6.07) is 10.5. The van der Waals surface area contributed by atoms with Crippen molar-refractivity contribution in [2.75, 3.05) is 0 Å². The van der Waals surface area contributed by atoms with Crippen LogP contribution in [0, 0.1) is 0 Å². The summed E-state index contributed by atoms with van der Waals surface area (Å²) in [6.45, 7) is 0. The standard InChI is InChI=1S/C17H10BrN3O5/c18-8-5-6-9-12(7-8)13(19-20-14(9)22)17(25,26)21-15(23)10-3-1-2-4-11(10)16(21)24/h1-7,25-26H,(H,20,22). The van der Waals surface area contributed by atoms with Crippen molar-refractivity contribution in [3.63, 3.8) is 0 Å². The molecule has 0 atom stereocenters. The van der Waals surface area contributed by atoms with E-state index in [0.717, 1.165) is 0 Å². The lowest BCUT2D eigenvalue weighted by Crippen LogP contribution is -2.50. The highest BCUT2D eigenvalue weighted by atomic mass is 79.9. The molecule has 2 amide bonds. The first-order valence-corrected chi connectivity index (χ1v) is 8.22. The van der Waals surface area contributed by atoms with E-state index in [9.17, 15) is 24.6 Å². The van der Waals surface area contributed by atoms with Crippen LogP contribution in [0.5, 0.6) is 0 Å². The summed E-state index contributed by atoms with van der Waals surface area (Å²) in [5.41, 5.74) is -0.878. The lowest BCUT2D eigenvalue weighted by Gasteiger charge is -2.29. The van der Waals surface area contributed by atoms with Crippen LogP contribution in [0.3, 0.4) is 0 Å². The third-order valence-corrected chi connectivity index (χ3v) is 4.67. The van der Waals surface area contributed by atoms with Crippen molar-refractivity contribution in [3.8, 4) is 0 Å². The van der Waals surface area contributed by atoms with E-state index in [2.05, 4.69) is 26.1 Å². The number of aromatic nitrogens is 2. The monoisotopic (exact) mass is 415 g/mol. The van der Waals surface area contributed by atoms with Crippen LogP contribution in [0.4, 0.5) is 0 Å². The Hall–Kier alpha value is -2.88. The first-order chi connectivity index (χ1) is 12.3. The Kier molecular flexibility index (Phi) is 3.55. The number of fused-ring (bicyclic) bond motifs is 2. The number of carbonyl (C=O) groups is 2. The van der Waals surface area contributed by atoms with Gasteiger partial charge in [0.25, 0.3) is 17.4 Å². The van der Waals surface area contributed by atoms with Gasteiger partial charge in [-0.25, -0.2) is 10.00 Å². The quantitative estimate of drug-likeness (QED) is 0.424. The van der Waals surface area contributed by atoms with Gasteiger partial charge in [0.15, 0.2) is 5.69 Å². The minimum absolute atomic E-state index is 0.0554. The fourth-order valence-corrected chi connectivity index (χ4v) is 3.33. The van der Waals surface area contributed by atoms with Crippen LogP contribution in [-0.2, 0) is 5.91 Å². The minimum atomic E-state index is -3.06. The molecule has 1 aliphatic heterocycles. The van der Waals surface area contributed by atoms with Gasteiger partial charge < -0.3 is 10.2 Å². The first kappa shape index (κ1) is 16.6. The highest BCUT2D eigenvalue weighted by Crippen LogP contribution is 2.34. The Morgan fingerprint density at radius 3 is 2.19 bits per heavy atom. The van der Waals surface area contributed by atoms with E-state index in [0.29, 0.717) is 9.37 Å². The molecule has 4 rings (SSSR count). The van der Waals surface area contributed by atoms with Crippen LogP contribution in [0.1, 0.15) is 26.4 Å². The predicted molar refractivity (Wildman–Crippen MR) is 93.1 cm³/mol. The maximum absolute atomic E-state index is 12.6. The number of rotatable bonds is 2. The highest BCUT2D eigenvalue weighted by Gasteiger charge is 2.50. The third kappa shape index (κ3) is 2.22. The van der Waals surface area contributed by atoms with Crippen LogP contribution in [0.2, 0.25) is 0 Å². The van der Waals surface area contributed by atoms with Gasteiger partial charge in [0.05, 0.1) is 16.5 Å². The molecule has 130 valence electrons. The normalized spacial score (nSPS) is 14.2. The summed E-state index contributed by atoms with van der Waals surface area (Å²) >= 11 is 3.24. The average Bonchev–Trinajstić information content (AvgIpc) is 2.86. The molecule has 8 nitrogen and oxygen atoms in total. The molecule has 1 aliphatic rings. The largest absolute Gasteiger partial charge is 0.343 e. The van der Waals surface area contributed by atoms with E-state index in [-0.39, 0.29) is 21.9 Å². The number of halogens is 1. The number of carbonyl (C=O) groups excluding carboxylic acids is 2. The molecule has 0 saturated carbocycles. The van der Waals surface area contributed by atoms with Gasteiger partial charge in [0, 0.05) is 9.86 Å². The Balaban J connectivity index is 1.94. The first-order valence-electron chi connectivity index (χ1n) is 7.43. The zero-order valence-corrected chi connectivity index (χ0v) is 14.5. The lowest BCUT2D eigenvalue weighted by molar-refractivity contribution is -0.240. The molecule has 2 heterocycles. The summed E-state index contributed by atoms with van der Waals surface area (Å²) < 4.78 is 0.553. The molecule has 0 spiro atoms. The van der Waals surface area contributed by atoms with Gasteiger partial charge in [0.2, 0.25) is 0 Å². The number of nitrogens with zero attached hydrogens (tertiary/aromatic N) is 2. The number of H-pyrrole nitrogens is 1. The van der Waals surface area contributed by atoms with Gasteiger partial charge >= 0.3 is 5.91 Å². The zero-order chi connectivity index (χ0) is 18.6. The van der Waals surface area contributed by atoms with E-state index >= 15 is 0 Å². The molecule has 9 heteroatoms. The Labute approximate surface area is 153 Å². The zero-order valence-electron chi connectivity index (χ0n) is 12.9. The van der Waals surface area contributed by atoms with Gasteiger partial charge in [-0.05, 0) is 30.3 Å². The fourth-order valence-electron chi connectivity index (χ4n) is 2.97. The van der Waals surface area contributed by atoms with Gasteiger partial charge in [0.1, 0.15) is 0 Å². The molecule has 3 aromatic rings. The topological polar surface area (TPSA) is 124 Å². The smallest absolute Gasteiger partial charge is 0.304 e. The van der Waals surface area contributed by atoms with Crippen LogP contribution in [0.25, 0.3) is 10.8 Å². The number of nitrogens with one attached hydrogen (secondary N) is 1. The molecule has 1 aromatic heterocycles. The third-order valence-electron chi connectivity index (χ3n) is 4.17. The van der Waals surface area contributed by atoms with Crippen molar-refractivity contribution in [2.45, 2.75) is 5.91 Å². The van der Waals surface area contributed by atoms with E-state index in [1.54, 1.807) is 18.2 Å². The second kappa shape index (κ2) is 5.56. The molecule has 0 saturated heterocycles. The molecular weight excluding hydrogens is 406 g/mol. The van der Waals surface area contributed by atoms with Gasteiger partial charge in [-0.3, -0.25) is 14.4 Å². The SMILES string of the molecule is O=C1c2ccccc2C(=O)N1C(O)(O)c1n[nH]c(=O)c2ccc(Br)cc12. The predicted octanol–water partition coefficient (Wildman–Crippen LogP) is 1.08. The van der Waals surface area contributed by atoms with Crippen LogP contribution in [-0.4, -0.2) is 37.1 Å². The summed E-state index contributed by atoms with van der Waals surface area (Å²) in [4.78, 5) is 37.4. The molecule has 3 N–H and O–H groups in total. The number of hydrogen-bond acceptors (Lipinski definition) is 6. The molecule has 0 aliphatic carbocycles. The van der Waals surface area contributed by atoms with Crippen molar-refractivity contribution in [1.82, 2.24) is 15.1 Å². The highest BCUT2D eigenvalue weighted by molar-refractivity contribution is 9.10. The van der Waals surface area contributed by atoms with E-state index in [4.69, 9.17) is 0 Å². The van der Waals surface area contributed by atoms with E-state index < -0.39 is 29.0 Å². The minimum Gasteiger partial charge on any atom is -0.343 e. The molecule has 0 unspecified atom stereocenters. The van der Waals surface area contributed by atoms with Crippen LogP contribution < -0.4 is 5.56 Å². The number of aliphatic hydroxyl groups is 2. The van der Waals surface area contributed by atoms with Crippen molar-refractivity contribution < 1.29 is 19.8 Å². The Morgan fingerprint density at radius 1 is 0.962 bits per heavy atom. The lowest BCUT2D eigenvalue weighted by atomic mass is 10.1. The molecule has 0 bridgehead atoms. The Morgan fingerprint density at radius 2 is 1.58 bits per heavy atom. The van der Waals surface area contributed by atoms with Crippen molar-refractivity contribution in [2.24, 2.45) is 0 Å². The van der Waals surface area contributed by atoms with Crippen molar-refractivity contribution >= 4 is 38.5 Å². The van der Waals surface area contributed by atoms with Crippen molar-refractivity contribution in [3.05, 3.63) is 74.1 Å². The van der Waals surface area contributed by atoms with Gasteiger partial charge in [-0.1, -0.05) is 28.1 Å². The van der Waals surface area contributed by atoms with E-state index in [1.807, 2.05) is 0 Å². The van der Waals surface area contributed by atoms with Crippen LogP contribution in [0.15, 0.2) is 51.7 Å². The second-order valence-electron chi connectivity index (χ2n) is 5.72. The average molecular weight is 416 g/mol. The number of hydrogen-bond donors (Lipinski definition) is 3. The molecule has 0 fully saturated rings. The maximum Gasteiger partial charge on any atom is 0.304 e. The number of amides is 2. The number of benzene rings is 2. The summed E-state index contributed by atoms with van der Waals surface area (Å²) in [6.07, 6.45) is 0. The molecule has 0 radical (unpaired) electrons. The Bertz CT molecular complexity index is 1120. The second-order valence-corrected chi connectivity index (χ2v) is 6.63. The molecule has 2 aromatic carbocycles. The van der Waals surface area contributed by atoms with Crippen LogP contribution >= 0.6 is 15.9 Å². The molecular formula is C17H10BrN3O5. The number of aromatic amines is 1. The number of imide groups is 1. The van der Waals surface area contributed by atoms with E-state index in [1.165, 1.54) is 24.3 Å². The van der Waals surface area contributed by atoms with Crippen molar-refractivity contribution in [1.29, 1.82) is 0 Å². The summed E-state index contributed by atoms with van der Waals surface area (Å²) in [5.74, 6) is -4.80. The molecule has 26 heavy (non-hydrogen) atoms. The maximum atomic E-state index is 12.6. The summed E-state index contributed by atoms with van der Waals surface area (Å²) in [7, 11) is 0.